The fraction of sp³-hybridized carbons (Fsp3) is 0.480. The van der Waals surface area contributed by atoms with Crippen molar-refractivity contribution >= 4 is 28.2 Å². The lowest BCUT2D eigenvalue weighted by Gasteiger charge is -2.34. The molecular weight excluding hydrogens is 436 g/mol. The predicted octanol–water partition coefficient (Wildman–Crippen LogP) is 3.22. The zero-order valence-electron chi connectivity index (χ0n) is 19.1. The van der Waals surface area contributed by atoms with Gasteiger partial charge >= 0.3 is 0 Å². The molecule has 2 aromatic rings. The molecule has 2 amide bonds. The second kappa shape index (κ2) is 10.8. The average Bonchev–Trinajstić information content (AvgIpc) is 2.98. The van der Waals surface area contributed by atoms with E-state index in [0.29, 0.717) is 43.2 Å². The van der Waals surface area contributed by atoms with Crippen LogP contribution in [-0.2, 0) is 28.9 Å². The molecule has 1 aliphatic heterocycles. The lowest BCUT2D eigenvalue weighted by molar-refractivity contribution is -0.132. The Morgan fingerprint density at radius 2 is 1.94 bits per heavy atom. The molecule has 1 aromatic heterocycles. The summed E-state index contributed by atoms with van der Waals surface area (Å²) in [5.74, 6) is 0.739. The second-order valence-corrected chi connectivity index (χ2v) is 9.72. The third-order valence-electron chi connectivity index (χ3n) is 6.37. The lowest BCUT2D eigenvalue weighted by Crippen LogP contribution is -2.50. The largest absolute Gasteiger partial charge is 0.497 e. The van der Waals surface area contributed by atoms with Gasteiger partial charge in [0, 0.05) is 31.1 Å². The molecule has 1 N–H and O–H groups in total. The third-order valence-corrected chi connectivity index (χ3v) is 7.58. The summed E-state index contributed by atoms with van der Waals surface area (Å²) < 4.78 is 5.23. The summed E-state index contributed by atoms with van der Waals surface area (Å²) in [7, 11) is 1.62. The summed E-state index contributed by atoms with van der Waals surface area (Å²) in [5, 5.41) is 13.3. The Morgan fingerprint density at radius 3 is 2.70 bits per heavy atom. The van der Waals surface area contributed by atoms with Crippen LogP contribution in [0.25, 0.3) is 0 Å². The van der Waals surface area contributed by atoms with Gasteiger partial charge in [0.1, 0.15) is 16.8 Å². The van der Waals surface area contributed by atoms with Crippen molar-refractivity contribution in [3.8, 4) is 11.8 Å². The second-order valence-electron chi connectivity index (χ2n) is 8.61. The van der Waals surface area contributed by atoms with E-state index in [9.17, 15) is 14.9 Å². The topological polar surface area (TPSA) is 85.7 Å². The summed E-state index contributed by atoms with van der Waals surface area (Å²) in [6.07, 6.45) is 5.71. The van der Waals surface area contributed by atoms with Crippen LogP contribution in [0.15, 0.2) is 24.3 Å². The Bertz CT molecular complexity index is 1050. The minimum atomic E-state index is -0.0981. The molecule has 1 aliphatic carbocycles. The Labute approximate surface area is 198 Å². The van der Waals surface area contributed by atoms with E-state index in [-0.39, 0.29) is 18.4 Å². The van der Waals surface area contributed by atoms with Crippen LogP contribution in [0.5, 0.6) is 5.75 Å². The number of anilines is 1. The SMILES string of the molecule is COc1cccc(CC(=O)N2CCN(CC(=O)Nc3sc4c(c3C#N)CCCCC4)CC2)c1. The molecule has 4 rings (SSSR count). The van der Waals surface area contributed by atoms with Gasteiger partial charge in [-0.15, -0.1) is 11.3 Å². The summed E-state index contributed by atoms with van der Waals surface area (Å²) in [5.41, 5.74) is 2.72. The molecular formula is C25H30N4O3S. The lowest BCUT2D eigenvalue weighted by atomic mass is 10.1. The van der Waals surface area contributed by atoms with E-state index < -0.39 is 0 Å². The van der Waals surface area contributed by atoms with E-state index >= 15 is 0 Å². The number of thiophene rings is 1. The monoisotopic (exact) mass is 466 g/mol. The number of nitrogens with zero attached hydrogens (tertiary/aromatic N) is 3. The standard InChI is InChI=1S/C25H30N4O3S/c1-32-19-7-5-6-18(14-19)15-24(31)29-12-10-28(11-13-29)17-23(30)27-25-21(16-26)20-8-3-2-4-9-22(20)33-25/h5-7,14H,2-4,8-13,15,17H2,1H3,(H,27,30). The highest BCUT2D eigenvalue weighted by Gasteiger charge is 2.24. The Hall–Kier alpha value is -2.89. The van der Waals surface area contributed by atoms with Gasteiger partial charge in [-0.25, -0.2) is 0 Å². The van der Waals surface area contributed by atoms with Gasteiger partial charge in [0.25, 0.3) is 0 Å². The number of ether oxygens (including phenoxy) is 1. The molecule has 8 heteroatoms. The van der Waals surface area contributed by atoms with E-state index in [1.54, 1.807) is 18.4 Å². The number of methoxy groups -OCH3 is 1. The molecule has 174 valence electrons. The number of fused-ring (bicyclic) bond motifs is 1. The normalized spacial score (nSPS) is 16.4. The van der Waals surface area contributed by atoms with Crippen LogP contribution in [0.1, 0.15) is 40.8 Å². The maximum absolute atomic E-state index is 12.7. The number of amides is 2. The smallest absolute Gasteiger partial charge is 0.239 e. The molecule has 1 saturated heterocycles. The number of carbonyl (C=O) groups excluding carboxylic acids is 2. The van der Waals surface area contributed by atoms with Gasteiger partial charge in [-0.05, 0) is 48.9 Å². The zero-order valence-corrected chi connectivity index (χ0v) is 19.9. The van der Waals surface area contributed by atoms with Crippen molar-refractivity contribution < 1.29 is 14.3 Å². The minimum Gasteiger partial charge on any atom is -0.497 e. The quantitative estimate of drug-likeness (QED) is 0.661. The molecule has 0 atom stereocenters. The number of aryl methyl sites for hydroxylation is 1. The van der Waals surface area contributed by atoms with Gasteiger partial charge in [0.2, 0.25) is 11.8 Å². The van der Waals surface area contributed by atoms with Crippen LogP contribution in [0.4, 0.5) is 5.00 Å². The van der Waals surface area contributed by atoms with Crippen molar-refractivity contribution in [3.63, 3.8) is 0 Å². The van der Waals surface area contributed by atoms with Crippen LogP contribution < -0.4 is 10.1 Å². The number of carbonyl (C=O) groups is 2. The molecule has 0 saturated carbocycles. The van der Waals surface area contributed by atoms with Crippen molar-refractivity contribution in [1.82, 2.24) is 9.80 Å². The number of hydrogen-bond donors (Lipinski definition) is 1. The predicted molar refractivity (Wildman–Crippen MR) is 129 cm³/mol. The first-order valence-electron chi connectivity index (χ1n) is 11.5. The van der Waals surface area contributed by atoms with Gasteiger partial charge < -0.3 is 15.0 Å². The van der Waals surface area contributed by atoms with E-state index in [0.717, 1.165) is 42.6 Å². The summed E-state index contributed by atoms with van der Waals surface area (Å²) in [6, 6.07) is 9.89. The molecule has 0 radical (unpaired) electrons. The number of rotatable bonds is 6. The minimum absolute atomic E-state index is 0.0890. The number of nitriles is 1. The first-order chi connectivity index (χ1) is 16.1. The molecule has 0 unspecified atom stereocenters. The molecule has 2 heterocycles. The molecule has 1 fully saturated rings. The summed E-state index contributed by atoms with van der Waals surface area (Å²) in [4.78, 5) is 30.6. The van der Waals surface area contributed by atoms with Crippen LogP contribution in [0, 0.1) is 11.3 Å². The number of benzene rings is 1. The summed E-state index contributed by atoms with van der Waals surface area (Å²) >= 11 is 1.56. The van der Waals surface area contributed by atoms with Crippen LogP contribution in [0.2, 0.25) is 0 Å². The fourth-order valence-electron chi connectivity index (χ4n) is 4.54. The van der Waals surface area contributed by atoms with Crippen LogP contribution in [0.3, 0.4) is 0 Å². The highest BCUT2D eigenvalue weighted by Crippen LogP contribution is 2.36. The van der Waals surface area contributed by atoms with E-state index in [4.69, 9.17) is 4.74 Å². The molecule has 2 aliphatic rings. The Balaban J connectivity index is 1.27. The molecule has 0 spiro atoms. The first-order valence-corrected chi connectivity index (χ1v) is 12.4. The highest BCUT2D eigenvalue weighted by molar-refractivity contribution is 7.16. The van der Waals surface area contributed by atoms with Gasteiger partial charge in [-0.2, -0.15) is 5.26 Å². The van der Waals surface area contributed by atoms with Crippen LogP contribution >= 0.6 is 11.3 Å². The maximum atomic E-state index is 12.7. The van der Waals surface area contributed by atoms with Crippen molar-refractivity contribution in [3.05, 3.63) is 45.8 Å². The number of piperazine rings is 1. The first kappa shape index (κ1) is 23.3. The Morgan fingerprint density at radius 1 is 1.15 bits per heavy atom. The number of hydrogen-bond acceptors (Lipinski definition) is 6. The van der Waals surface area contributed by atoms with Crippen molar-refractivity contribution in [1.29, 1.82) is 5.26 Å². The highest BCUT2D eigenvalue weighted by atomic mass is 32.1. The molecule has 33 heavy (non-hydrogen) atoms. The van der Waals surface area contributed by atoms with Gasteiger partial charge in [-0.3, -0.25) is 14.5 Å². The van der Waals surface area contributed by atoms with Gasteiger partial charge in [-0.1, -0.05) is 18.6 Å². The molecule has 0 bridgehead atoms. The summed E-state index contributed by atoms with van der Waals surface area (Å²) in [6.45, 7) is 2.79. The Kier molecular flexibility index (Phi) is 7.63. The fourth-order valence-corrected chi connectivity index (χ4v) is 5.80. The van der Waals surface area contributed by atoms with Crippen LogP contribution in [-0.4, -0.2) is 61.4 Å². The number of nitrogens with one attached hydrogen (secondary N) is 1. The third kappa shape index (κ3) is 5.73. The zero-order chi connectivity index (χ0) is 23.2. The van der Waals surface area contributed by atoms with Gasteiger partial charge in [0.15, 0.2) is 0 Å². The van der Waals surface area contributed by atoms with Crippen molar-refractivity contribution in [2.75, 3.05) is 45.2 Å². The van der Waals surface area contributed by atoms with Crippen molar-refractivity contribution in [2.24, 2.45) is 0 Å². The van der Waals surface area contributed by atoms with E-state index in [1.165, 1.54) is 11.3 Å². The van der Waals surface area contributed by atoms with E-state index in [1.807, 2.05) is 29.2 Å². The van der Waals surface area contributed by atoms with E-state index in [2.05, 4.69) is 16.3 Å². The van der Waals surface area contributed by atoms with Crippen molar-refractivity contribution in [2.45, 2.75) is 38.5 Å². The average molecular weight is 467 g/mol. The van der Waals surface area contributed by atoms with Gasteiger partial charge in [0.05, 0.1) is 25.6 Å². The molecule has 1 aromatic carbocycles. The maximum Gasteiger partial charge on any atom is 0.239 e. The molecule has 7 nitrogen and oxygen atoms in total.